The highest BCUT2D eigenvalue weighted by Crippen LogP contribution is 2.29. The van der Waals surface area contributed by atoms with Gasteiger partial charge in [-0.3, -0.25) is 0 Å². The Morgan fingerprint density at radius 2 is 2.12 bits per heavy atom. The van der Waals surface area contributed by atoms with Crippen LogP contribution in [0.2, 0.25) is 0 Å². The maximum absolute atomic E-state index is 6.23. The predicted molar refractivity (Wildman–Crippen MR) is 68.1 cm³/mol. The third kappa shape index (κ3) is 3.90. The molecule has 94 valence electrons. The van der Waals surface area contributed by atoms with E-state index in [-0.39, 0.29) is 0 Å². The molecule has 2 nitrogen and oxygen atoms in total. The summed E-state index contributed by atoms with van der Waals surface area (Å²) < 4.78 is 5.60. The number of nitrogens with one attached hydrogen (secondary N) is 1. The van der Waals surface area contributed by atoms with Gasteiger partial charge in [-0.05, 0) is 57.5 Å². The van der Waals surface area contributed by atoms with Crippen LogP contribution >= 0.6 is 11.6 Å². The molecule has 2 fully saturated rings. The van der Waals surface area contributed by atoms with Gasteiger partial charge < -0.3 is 10.1 Å². The minimum atomic E-state index is 0.422. The molecule has 1 aliphatic carbocycles. The van der Waals surface area contributed by atoms with E-state index in [1.165, 1.54) is 44.9 Å². The second kappa shape index (κ2) is 6.83. The number of alkyl halides is 1. The van der Waals surface area contributed by atoms with E-state index in [0.717, 1.165) is 19.7 Å². The van der Waals surface area contributed by atoms with E-state index in [0.29, 0.717) is 17.4 Å². The lowest BCUT2D eigenvalue weighted by Gasteiger charge is -2.15. The van der Waals surface area contributed by atoms with Crippen molar-refractivity contribution in [2.24, 2.45) is 5.92 Å². The molecule has 3 atom stereocenters. The molecule has 0 radical (unpaired) electrons. The first-order chi connectivity index (χ1) is 7.86. The molecule has 16 heavy (non-hydrogen) atoms. The van der Waals surface area contributed by atoms with Gasteiger partial charge in [-0.25, -0.2) is 0 Å². The Bertz CT molecular complexity index is 194. The van der Waals surface area contributed by atoms with Crippen molar-refractivity contribution >= 4 is 11.6 Å². The second-order valence-corrected chi connectivity index (χ2v) is 5.75. The summed E-state index contributed by atoms with van der Waals surface area (Å²) in [5.74, 6) is 0.712. The lowest BCUT2D eigenvalue weighted by molar-refractivity contribution is 0.102. The summed E-state index contributed by atoms with van der Waals surface area (Å²) in [5, 5.41) is 3.96. The number of hydrogen-bond donors (Lipinski definition) is 1. The summed E-state index contributed by atoms with van der Waals surface area (Å²) in [4.78, 5) is 0. The first-order valence-corrected chi connectivity index (χ1v) is 7.26. The van der Waals surface area contributed by atoms with Crippen LogP contribution in [0.4, 0.5) is 0 Å². The molecule has 0 amide bonds. The van der Waals surface area contributed by atoms with Gasteiger partial charge in [-0.2, -0.15) is 0 Å². The van der Waals surface area contributed by atoms with E-state index < -0.39 is 0 Å². The molecule has 2 rings (SSSR count). The smallest absolute Gasteiger partial charge is 0.0576 e. The first-order valence-electron chi connectivity index (χ1n) is 6.82. The van der Waals surface area contributed by atoms with Gasteiger partial charge in [-0.1, -0.05) is 6.42 Å². The molecule has 0 aromatic carbocycles. The number of rotatable bonds is 6. The minimum absolute atomic E-state index is 0.422. The van der Waals surface area contributed by atoms with Gasteiger partial charge in [-0.15, -0.1) is 11.6 Å². The van der Waals surface area contributed by atoms with Crippen molar-refractivity contribution in [3.63, 3.8) is 0 Å². The van der Waals surface area contributed by atoms with Gasteiger partial charge in [0.25, 0.3) is 0 Å². The fourth-order valence-electron chi connectivity index (χ4n) is 2.84. The largest absolute Gasteiger partial charge is 0.378 e. The zero-order valence-corrected chi connectivity index (χ0v) is 10.8. The third-order valence-electron chi connectivity index (χ3n) is 3.88. The maximum atomic E-state index is 6.23. The average Bonchev–Trinajstić information content (AvgIpc) is 2.90. The fourth-order valence-corrected chi connectivity index (χ4v) is 3.21. The second-order valence-electron chi connectivity index (χ2n) is 5.19. The Morgan fingerprint density at radius 3 is 2.81 bits per heavy atom. The van der Waals surface area contributed by atoms with Crippen LogP contribution in [-0.2, 0) is 4.74 Å². The zero-order chi connectivity index (χ0) is 11.2. The Kier molecular flexibility index (Phi) is 5.40. The Morgan fingerprint density at radius 1 is 1.19 bits per heavy atom. The zero-order valence-electron chi connectivity index (χ0n) is 10.1. The molecule has 3 unspecified atom stereocenters. The summed E-state index contributed by atoms with van der Waals surface area (Å²) in [6, 6.07) is 0. The van der Waals surface area contributed by atoms with E-state index >= 15 is 0 Å². The highest BCUT2D eigenvalue weighted by atomic mass is 35.5. The van der Waals surface area contributed by atoms with Crippen LogP contribution in [0.25, 0.3) is 0 Å². The lowest BCUT2D eigenvalue weighted by Crippen LogP contribution is -2.26. The molecular formula is C13H24ClNO. The van der Waals surface area contributed by atoms with Gasteiger partial charge in [0.05, 0.1) is 6.10 Å². The number of ether oxygens (including phenoxy) is 1. The summed E-state index contributed by atoms with van der Waals surface area (Å²) in [6.45, 7) is 3.22. The molecule has 3 heteroatoms. The topological polar surface area (TPSA) is 21.3 Å². The third-order valence-corrected chi connectivity index (χ3v) is 4.45. The molecular weight excluding hydrogens is 222 g/mol. The van der Waals surface area contributed by atoms with Gasteiger partial charge in [0, 0.05) is 12.0 Å². The molecule has 0 bridgehead atoms. The van der Waals surface area contributed by atoms with Gasteiger partial charge in [0.2, 0.25) is 0 Å². The van der Waals surface area contributed by atoms with Crippen LogP contribution in [0.15, 0.2) is 0 Å². The van der Waals surface area contributed by atoms with Crippen LogP contribution in [0.3, 0.4) is 0 Å². The summed E-state index contributed by atoms with van der Waals surface area (Å²) >= 11 is 6.23. The number of hydrogen-bond acceptors (Lipinski definition) is 2. The molecule has 1 saturated carbocycles. The van der Waals surface area contributed by atoms with Crippen molar-refractivity contribution in [2.75, 3.05) is 19.7 Å². The minimum Gasteiger partial charge on any atom is -0.378 e. The normalized spacial score (nSPS) is 34.7. The first kappa shape index (κ1) is 12.7. The summed E-state index contributed by atoms with van der Waals surface area (Å²) in [6.07, 6.45) is 9.38. The average molecular weight is 246 g/mol. The van der Waals surface area contributed by atoms with E-state index in [2.05, 4.69) is 5.32 Å². The monoisotopic (exact) mass is 245 g/mol. The van der Waals surface area contributed by atoms with Crippen molar-refractivity contribution in [1.29, 1.82) is 0 Å². The van der Waals surface area contributed by atoms with Crippen molar-refractivity contribution in [2.45, 2.75) is 56.4 Å². The van der Waals surface area contributed by atoms with Crippen LogP contribution in [-0.4, -0.2) is 31.2 Å². The quantitative estimate of drug-likeness (QED) is 0.574. The Labute approximate surface area is 104 Å². The van der Waals surface area contributed by atoms with Crippen LogP contribution in [0.5, 0.6) is 0 Å². The molecule has 0 spiro atoms. The Hall–Kier alpha value is 0.210. The van der Waals surface area contributed by atoms with Crippen molar-refractivity contribution in [1.82, 2.24) is 5.32 Å². The SMILES string of the molecule is ClC1CCCC1CNCCCC1CCCO1. The van der Waals surface area contributed by atoms with Crippen molar-refractivity contribution < 1.29 is 4.74 Å². The molecule has 2 aliphatic rings. The molecule has 1 heterocycles. The van der Waals surface area contributed by atoms with Crippen LogP contribution in [0, 0.1) is 5.92 Å². The van der Waals surface area contributed by atoms with Gasteiger partial charge in [0.15, 0.2) is 0 Å². The van der Waals surface area contributed by atoms with Gasteiger partial charge >= 0.3 is 0 Å². The van der Waals surface area contributed by atoms with E-state index in [1.807, 2.05) is 0 Å². The molecule has 1 N–H and O–H groups in total. The highest BCUT2D eigenvalue weighted by molar-refractivity contribution is 6.20. The summed E-state index contributed by atoms with van der Waals surface area (Å²) in [5.41, 5.74) is 0. The lowest BCUT2D eigenvalue weighted by atomic mass is 10.1. The van der Waals surface area contributed by atoms with E-state index in [4.69, 9.17) is 16.3 Å². The van der Waals surface area contributed by atoms with Crippen molar-refractivity contribution in [3.8, 4) is 0 Å². The van der Waals surface area contributed by atoms with Crippen LogP contribution < -0.4 is 5.32 Å². The molecule has 1 saturated heterocycles. The van der Waals surface area contributed by atoms with E-state index in [1.54, 1.807) is 0 Å². The summed E-state index contributed by atoms with van der Waals surface area (Å²) in [7, 11) is 0. The predicted octanol–water partition coefficient (Wildman–Crippen LogP) is 2.94. The van der Waals surface area contributed by atoms with Crippen LogP contribution in [0.1, 0.15) is 44.9 Å². The maximum Gasteiger partial charge on any atom is 0.0576 e. The van der Waals surface area contributed by atoms with Gasteiger partial charge in [0.1, 0.15) is 0 Å². The standard InChI is InChI=1S/C13H24ClNO/c14-13-7-1-4-11(13)10-15-8-2-5-12-6-3-9-16-12/h11-13,15H,1-10H2. The van der Waals surface area contributed by atoms with E-state index in [9.17, 15) is 0 Å². The molecule has 0 aromatic heterocycles. The highest BCUT2D eigenvalue weighted by Gasteiger charge is 2.24. The molecule has 0 aromatic rings. The number of halogens is 1. The molecule has 1 aliphatic heterocycles. The van der Waals surface area contributed by atoms with Crippen molar-refractivity contribution in [3.05, 3.63) is 0 Å². The fraction of sp³-hybridized carbons (Fsp3) is 1.00. The Balaban J connectivity index is 1.45.